The van der Waals surface area contributed by atoms with Crippen molar-refractivity contribution in [3.05, 3.63) is 0 Å². The number of carbonyl (C=O) groups excluding carboxylic acids is 1. The first-order valence-electron chi connectivity index (χ1n) is 6.60. The minimum atomic E-state index is 0.272. The molecule has 1 atom stereocenters. The van der Waals surface area contributed by atoms with Crippen LogP contribution in [0.5, 0.6) is 0 Å². The average molecular weight is 226 g/mol. The van der Waals surface area contributed by atoms with Crippen LogP contribution in [0.1, 0.15) is 46.5 Å². The molecule has 0 spiro atoms. The van der Waals surface area contributed by atoms with Crippen LogP contribution in [0.15, 0.2) is 0 Å². The number of rotatable bonds is 6. The number of likely N-dealkylation sites (tertiary alicyclic amines) is 1. The van der Waals surface area contributed by atoms with Gasteiger partial charge in [0.05, 0.1) is 6.54 Å². The highest BCUT2D eigenvalue weighted by molar-refractivity contribution is 5.78. The van der Waals surface area contributed by atoms with Crippen LogP contribution < -0.4 is 5.32 Å². The standard InChI is InChI=1S/C13H26N2O/c1-11(2)6-7-12(3)14-10-13(16)15-8-4-5-9-15/h11-12,14H,4-10H2,1-3H3. The van der Waals surface area contributed by atoms with E-state index in [4.69, 9.17) is 0 Å². The molecule has 94 valence electrons. The summed E-state index contributed by atoms with van der Waals surface area (Å²) < 4.78 is 0. The summed E-state index contributed by atoms with van der Waals surface area (Å²) in [4.78, 5) is 13.7. The van der Waals surface area contributed by atoms with Crippen LogP contribution in [0, 0.1) is 5.92 Å². The number of amides is 1. The van der Waals surface area contributed by atoms with Gasteiger partial charge < -0.3 is 10.2 Å². The molecule has 0 aromatic rings. The molecular weight excluding hydrogens is 200 g/mol. The van der Waals surface area contributed by atoms with Crippen molar-refractivity contribution in [2.24, 2.45) is 5.92 Å². The van der Waals surface area contributed by atoms with E-state index < -0.39 is 0 Å². The minimum absolute atomic E-state index is 0.272. The highest BCUT2D eigenvalue weighted by Gasteiger charge is 2.17. The Morgan fingerprint density at radius 2 is 1.81 bits per heavy atom. The Kier molecular flexibility index (Phi) is 5.81. The van der Waals surface area contributed by atoms with E-state index in [1.54, 1.807) is 0 Å². The van der Waals surface area contributed by atoms with Gasteiger partial charge in [0, 0.05) is 19.1 Å². The molecule has 1 unspecified atom stereocenters. The van der Waals surface area contributed by atoms with Crippen LogP contribution in [-0.2, 0) is 4.79 Å². The van der Waals surface area contributed by atoms with Gasteiger partial charge in [-0.15, -0.1) is 0 Å². The monoisotopic (exact) mass is 226 g/mol. The topological polar surface area (TPSA) is 32.3 Å². The van der Waals surface area contributed by atoms with E-state index in [0.29, 0.717) is 12.6 Å². The molecule has 1 saturated heterocycles. The summed E-state index contributed by atoms with van der Waals surface area (Å²) in [6, 6.07) is 0.453. The van der Waals surface area contributed by atoms with Crippen molar-refractivity contribution in [3.8, 4) is 0 Å². The van der Waals surface area contributed by atoms with Crippen molar-refractivity contribution < 1.29 is 4.79 Å². The first-order chi connectivity index (χ1) is 7.59. The van der Waals surface area contributed by atoms with Crippen LogP contribution in [0.3, 0.4) is 0 Å². The molecule has 0 saturated carbocycles. The molecule has 16 heavy (non-hydrogen) atoms. The second kappa shape index (κ2) is 6.89. The fourth-order valence-corrected chi connectivity index (χ4v) is 2.03. The van der Waals surface area contributed by atoms with Gasteiger partial charge in [0.25, 0.3) is 0 Å². The van der Waals surface area contributed by atoms with Gasteiger partial charge >= 0.3 is 0 Å². The number of nitrogens with zero attached hydrogens (tertiary/aromatic N) is 1. The third-order valence-electron chi connectivity index (χ3n) is 3.24. The Morgan fingerprint density at radius 1 is 1.19 bits per heavy atom. The summed E-state index contributed by atoms with van der Waals surface area (Å²) in [6.07, 6.45) is 4.74. The van der Waals surface area contributed by atoms with E-state index in [-0.39, 0.29) is 5.91 Å². The van der Waals surface area contributed by atoms with Gasteiger partial charge in [-0.3, -0.25) is 4.79 Å². The normalized spacial score (nSPS) is 18.1. The van der Waals surface area contributed by atoms with Crippen LogP contribution in [-0.4, -0.2) is 36.5 Å². The maximum Gasteiger partial charge on any atom is 0.236 e. The summed E-state index contributed by atoms with van der Waals surface area (Å²) in [5.41, 5.74) is 0. The second-order valence-electron chi connectivity index (χ2n) is 5.34. The van der Waals surface area contributed by atoms with Gasteiger partial charge in [-0.2, -0.15) is 0 Å². The lowest BCUT2D eigenvalue weighted by molar-refractivity contribution is -0.129. The first-order valence-corrected chi connectivity index (χ1v) is 6.60. The third kappa shape index (κ3) is 4.97. The van der Waals surface area contributed by atoms with Crippen LogP contribution in [0.2, 0.25) is 0 Å². The quantitative estimate of drug-likeness (QED) is 0.751. The Labute approximate surface area is 99.6 Å². The van der Waals surface area contributed by atoms with Crippen molar-refractivity contribution in [3.63, 3.8) is 0 Å². The zero-order valence-corrected chi connectivity index (χ0v) is 11.0. The van der Waals surface area contributed by atoms with Crippen molar-refractivity contribution in [1.29, 1.82) is 0 Å². The lowest BCUT2D eigenvalue weighted by atomic mass is 10.0. The molecule has 0 aromatic carbocycles. The third-order valence-corrected chi connectivity index (χ3v) is 3.24. The SMILES string of the molecule is CC(C)CCC(C)NCC(=O)N1CCCC1. The van der Waals surface area contributed by atoms with E-state index in [1.165, 1.54) is 19.3 Å². The number of hydrogen-bond donors (Lipinski definition) is 1. The predicted octanol–water partition coefficient (Wildman–Crippen LogP) is 2.02. The van der Waals surface area contributed by atoms with E-state index in [2.05, 4.69) is 26.1 Å². The minimum Gasteiger partial charge on any atom is -0.342 e. The van der Waals surface area contributed by atoms with Crippen molar-refractivity contribution >= 4 is 5.91 Å². The molecule has 1 aliphatic heterocycles. The highest BCUT2D eigenvalue weighted by atomic mass is 16.2. The molecular formula is C13H26N2O. The molecule has 1 fully saturated rings. The Bertz CT molecular complexity index is 210. The maximum atomic E-state index is 11.8. The van der Waals surface area contributed by atoms with Crippen molar-refractivity contribution in [1.82, 2.24) is 10.2 Å². The summed E-state index contributed by atoms with van der Waals surface area (Å²) in [6.45, 7) is 9.07. The first kappa shape index (κ1) is 13.5. The largest absolute Gasteiger partial charge is 0.342 e. The zero-order valence-electron chi connectivity index (χ0n) is 11.0. The van der Waals surface area contributed by atoms with Crippen molar-refractivity contribution in [2.45, 2.75) is 52.5 Å². The highest BCUT2D eigenvalue weighted by Crippen LogP contribution is 2.08. The van der Waals surface area contributed by atoms with Crippen molar-refractivity contribution in [2.75, 3.05) is 19.6 Å². The Hall–Kier alpha value is -0.570. The number of carbonyl (C=O) groups is 1. The molecule has 1 amide bonds. The van der Waals surface area contributed by atoms with Crippen LogP contribution in [0.4, 0.5) is 0 Å². The molecule has 1 heterocycles. The molecule has 1 aliphatic rings. The Balaban J connectivity index is 2.10. The lowest BCUT2D eigenvalue weighted by Gasteiger charge is -2.19. The molecule has 3 nitrogen and oxygen atoms in total. The van der Waals surface area contributed by atoms with Gasteiger partial charge in [0.15, 0.2) is 0 Å². The molecule has 0 aromatic heterocycles. The second-order valence-corrected chi connectivity index (χ2v) is 5.34. The molecule has 3 heteroatoms. The maximum absolute atomic E-state index is 11.8. The molecule has 1 rings (SSSR count). The molecule has 0 aliphatic carbocycles. The fourth-order valence-electron chi connectivity index (χ4n) is 2.03. The van der Waals surface area contributed by atoms with E-state index in [9.17, 15) is 4.79 Å². The lowest BCUT2D eigenvalue weighted by Crippen LogP contribution is -2.39. The molecule has 1 N–H and O–H groups in total. The van der Waals surface area contributed by atoms with E-state index >= 15 is 0 Å². The van der Waals surface area contributed by atoms with E-state index in [1.807, 2.05) is 4.90 Å². The summed E-state index contributed by atoms with van der Waals surface area (Å²) in [5.74, 6) is 1.02. The van der Waals surface area contributed by atoms with E-state index in [0.717, 1.165) is 25.4 Å². The zero-order chi connectivity index (χ0) is 12.0. The molecule has 0 bridgehead atoms. The van der Waals surface area contributed by atoms with Gasteiger partial charge in [0.2, 0.25) is 5.91 Å². The summed E-state index contributed by atoms with van der Waals surface area (Å²) in [7, 11) is 0. The number of hydrogen-bond acceptors (Lipinski definition) is 2. The summed E-state index contributed by atoms with van der Waals surface area (Å²) in [5, 5.41) is 3.32. The van der Waals surface area contributed by atoms with Crippen LogP contribution in [0.25, 0.3) is 0 Å². The van der Waals surface area contributed by atoms with Crippen LogP contribution >= 0.6 is 0 Å². The predicted molar refractivity (Wildman–Crippen MR) is 67.4 cm³/mol. The van der Waals surface area contributed by atoms with Gasteiger partial charge in [-0.05, 0) is 38.5 Å². The smallest absolute Gasteiger partial charge is 0.236 e. The molecule has 0 radical (unpaired) electrons. The average Bonchev–Trinajstić information content (AvgIpc) is 2.76. The van der Waals surface area contributed by atoms with Gasteiger partial charge in [0.1, 0.15) is 0 Å². The van der Waals surface area contributed by atoms with Gasteiger partial charge in [-0.25, -0.2) is 0 Å². The summed E-state index contributed by atoms with van der Waals surface area (Å²) >= 11 is 0. The Morgan fingerprint density at radius 3 is 2.38 bits per heavy atom. The number of nitrogens with one attached hydrogen (secondary N) is 1. The van der Waals surface area contributed by atoms with Gasteiger partial charge in [-0.1, -0.05) is 13.8 Å². The fraction of sp³-hybridized carbons (Fsp3) is 0.923.